The van der Waals surface area contributed by atoms with Gasteiger partial charge in [-0.05, 0) is 19.1 Å². The monoisotopic (exact) mass is 268 g/mol. The van der Waals surface area contributed by atoms with Crippen molar-refractivity contribution in [3.05, 3.63) is 22.7 Å². The molecule has 1 amide bonds. The van der Waals surface area contributed by atoms with Crippen molar-refractivity contribution in [1.29, 1.82) is 0 Å². The van der Waals surface area contributed by atoms with E-state index in [1.807, 2.05) is 13.0 Å². The summed E-state index contributed by atoms with van der Waals surface area (Å²) in [5.74, 6) is -0.134. The molecule has 6 heteroatoms. The van der Waals surface area contributed by atoms with Gasteiger partial charge in [0.15, 0.2) is 11.4 Å². The van der Waals surface area contributed by atoms with E-state index in [-0.39, 0.29) is 7.33 Å². The highest BCUT2D eigenvalue weighted by Gasteiger charge is 2.12. The normalized spacial score (nSPS) is 10.2. The maximum absolute atomic E-state index is 10.9. The fourth-order valence-electron chi connectivity index (χ4n) is 1.37. The highest BCUT2D eigenvalue weighted by Crippen LogP contribution is 2.36. The molecule has 90 valence electrons. The summed E-state index contributed by atoms with van der Waals surface area (Å²) in [7, 11) is 0. The zero-order valence-electron chi connectivity index (χ0n) is 9.31. The predicted octanol–water partition coefficient (Wildman–Crippen LogP) is 3.20. The second-order valence-electron chi connectivity index (χ2n) is 3.43. The summed E-state index contributed by atoms with van der Waals surface area (Å²) in [6, 6.07) is 3.68. The van der Waals surface area contributed by atoms with Gasteiger partial charge in [-0.1, -0.05) is 11.3 Å². The zero-order chi connectivity index (χ0) is 12.4. The van der Waals surface area contributed by atoms with E-state index in [0.717, 1.165) is 21.7 Å². The number of nitrogens with zero attached hydrogens (tertiary/aromatic N) is 1. The predicted molar refractivity (Wildman–Crippen MR) is 72.0 cm³/mol. The molecule has 2 rings (SSSR count). The third-order valence-corrected chi connectivity index (χ3v) is 4.31. The van der Waals surface area contributed by atoms with Gasteiger partial charge >= 0.3 is 0 Å². The number of rotatable bonds is 3. The van der Waals surface area contributed by atoms with Crippen molar-refractivity contribution in [2.45, 2.75) is 13.8 Å². The Labute approximate surface area is 108 Å². The number of nitrogens with one attached hydrogen (secondary N) is 1. The Kier molecular flexibility index (Phi) is 3.35. The zero-order valence-corrected chi connectivity index (χ0v) is 10.9. The van der Waals surface area contributed by atoms with E-state index in [0.29, 0.717) is 10.0 Å². The molecule has 0 aliphatic carbocycles. The van der Waals surface area contributed by atoms with Gasteiger partial charge in [0, 0.05) is 13.2 Å². The van der Waals surface area contributed by atoms with Crippen molar-refractivity contribution < 1.29 is 11.0 Å². The van der Waals surface area contributed by atoms with Crippen LogP contribution < -0.4 is 5.32 Å². The second kappa shape index (κ2) is 4.77. The van der Waals surface area contributed by atoms with Gasteiger partial charge in [-0.25, -0.2) is 4.98 Å². The van der Waals surface area contributed by atoms with Crippen LogP contribution in [0.1, 0.15) is 23.7 Å². The first-order chi connectivity index (χ1) is 8.10. The summed E-state index contributed by atoms with van der Waals surface area (Å²) in [4.78, 5) is 28.5. The summed E-state index contributed by atoms with van der Waals surface area (Å²) < 4.78 is 0. The summed E-state index contributed by atoms with van der Waals surface area (Å²) in [6.07, 6.45) is 0.833. The molecule has 0 bridgehead atoms. The van der Waals surface area contributed by atoms with E-state index in [9.17, 15) is 9.59 Å². The Hall–Kier alpha value is -1.53. The number of carbonyl (C=O) groups excluding carboxylic acids is 2. The van der Waals surface area contributed by atoms with Crippen molar-refractivity contribution in [2.75, 3.05) is 5.32 Å². The molecule has 2 aromatic heterocycles. The molecule has 0 atom stereocenters. The SMILES string of the molecule is CC(=O)Nc1nc(C)c(-c2ccc(C=O)s2)s1.[HH]. The molecule has 4 nitrogen and oxygen atoms in total. The Morgan fingerprint density at radius 2 is 2.24 bits per heavy atom. The molecule has 0 saturated carbocycles. The van der Waals surface area contributed by atoms with Gasteiger partial charge in [-0.3, -0.25) is 9.59 Å². The Balaban J connectivity index is 0.00000162. The lowest BCUT2D eigenvalue weighted by Crippen LogP contribution is -2.04. The van der Waals surface area contributed by atoms with Crippen LogP contribution >= 0.6 is 22.7 Å². The fraction of sp³-hybridized carbons (Fsp3) is 0.182. The first-order valence-electron chi connectivity index (χ1n) is 4.90. The van der Waals surface area contributed by atoms with Crippen molar-refractivity contribution in [2.24, 2.45) is 0 Å². The van der Waals surface area contributed by atoms with Gasteiger partial charge in [-0.15, -0.1) is 11.3 Å². The van der Waals surface area contributed by atoms with E-state index in [4.69, 9.17) is 0 Å². The number of anilines is 1. The summed E-state index contributed by atoms with van der Waals surface area (Å²) in [5.41, 5.74) is 0.859. The number of hydrogen-bond acceptors (Lipinski definition) is 5. The topological polar surface area (TPSA) is 59.1 Å². The smallest absolute Gasteiger partial charge is 0.223 e. The molecule has 2 heterocycles. The van der Waals surface area contributed by atoms with Crippen molar-refractivity contribution in [1.82, 2.24) is 4.98 Å². The van der Waals surface area contributed by atoms with E-state index >= 15 is 0 Å². The fourth-order valence-corrected chi connectivity index (χ4v) is 3.36. The van der Waals surface area contributed by atoms with Crippen LogP contribution in [0.25, 0.3) is 9.75 Å². The highest BCUT2D eigenvalue weighted by atomic mass is 32.1. The third kappa shape index (κ3) is 2.59. The molecule has 0 fully saturated rings. The minimum Gasteiger partial charge on any atom is -0.302 e. The second-order valence-corrected chi connectivity index (χ2v) is 5.55. The van der Waals surface area contributed by atoms with Gasteiger partial charge in [0.1, 0.15) is 0 Å². The molecule has 0 saturated heterocycles. The summed E-state index contributed by atoms with van der Waals surface area (Å²) in [5, 5.41) is 3.25. The number of aryl methyl sites for hydroxylation is 1. The average molecular weight is 268 g/mol. The van der Waals surface area contributed by atoms with Gasteiger partial charge in [0.25, 0.3) is 0 Å². The number of aromatic nitrogens is 1. The first-order valence-corrected chi connectivity index (χ1v) is 6.54. The molecular weight excluding hydrogens is 256 g/mol. The molecule has 0 radical (unpaired) electrons. The first kappa shape index (κ1) is 11.9. The molecule has 0 spiro atoms. The molecular formula is C11H12N2O2S2. The van der Waals surface area contributed by atoms with Crippen LogP contribution in [0.3, 0.4) is 0 Å². The minimum absolute atomic E-state index is 0. The maximum atomic E-state index is 10.9. The van der Waals surface area contributed by atoms with Crippen LogP contribution in [-0.4, -0.2) is 17.2 Å². The molecule has 1 N–H and O–H groups in total. The number of carbonyl (C=O) groups is 2. The van der Waals surface area contributed by atoms with E-state index in [2.05, 4.69) is 10.3 Å². The Morgan fingerprint density at radius 3 is 2.82 bits per heavy atom. The summed E-state index contributed by atoms with van der Waals surface area (Å²) in [6.45, 7) is 3.34. The molecule has 0 aliphatic rings. The van der Waals surface area contributed by atoms with Crippen LogP contribution in [0.15, 0.2) is 12.1 Å². The standard InChI is InChI=1S/C11H10N2O2S2.H2/c1-6-10(9-4-3-8(5-14)16-9)17-11(12-6)13-7(2)15;/h3-5H,1-2H3,(H,12,13,15);1H. The minimum atomic E-state index is -0.134. The largest absolute Gasteiger partial charge is 0.302 e. The van der Waals surface area contributed by atoms with Crippen LogP contribution in [0.4, 0.5) is 5.13 Å². The third-order valence-electron chi connectivity index (χ3n) is 2.05. The van der Waals surface area contributed by atoms with Crippen LogP contribution in [-0.2, 0) is 4.79 Å². The number of hydrogen-bond donors (Lipinski definition) is 1. The number of amides is 1. The lowest BCUT2D eigenvalue weighted by Gasteiger charge is -1.92. The number of aldehydes is 1. The van der Waals surface area contributed by atoms with Gasteiger partial charge < -0.3 is 5.32 Å². The van der Waals surface area contributed by atoms with Crippen molar-refractivity contribution in [3.8, 4) is 9.75 Å². The van der Waals surface area contributed by atoms with Crippen LogP contribution in [0.2, 0.25) is 0 Å². The van der Waals surface area contributed by atoms with Crippen molar-refractivity contribution >= 4 is 40.0 Å². The molecule has 0 aliphatic heterocycles. The molecule has 0 aromatic carbocycles. The summed E-state index contributed by atoms with van der Waals surface area (Å²) >= 11 is 2.84. The van der Waals surface area contributed by atoms with Crippen LogP contribution in [0, 0.1) is 6.92 Å². The van der Waals surface area contributed by atoms with Crippen molar-refractivity contribution in [3.63, 3.8) is 0 Å². The van der Waals surface area contributed by atoms with Gasteiger partial charge in [-0.2, -0.15) is 0 Å². The van der Waals surface area contributed by atoms with E-state index in [1.165, 1.54) is 29.6 Å². The molecule has 0 unspecified atom stereocenters. The van der Waals surface area contributed by atoms with E-state index < -0.39 is 0 Å². The molecule has 17 heavy (non-hydrogen) atoms. The lowest BCUT2D eigenvalue weighted by molar-refractivity contribution is -0.114. The molecule has 2 aromatic rings. The highest BCUT2D eigenvalue weighted by molar-refractivity contribution is 7.24. The Morgan fingerprint density at radius 1 is 1.47 bits per heavy atom. The van der Waals surface area contributed by atoms with Gasteiger partial charge in [0.05, 0.1) is 15.4 Å². The van der Waals surface area contributed by atoms with Crippen LogP contribution in [0.5, 0.6) is 0 Å². The number of thiazole rings is 1. The Bertz CT molecular complexity index is 577. The number of thiophene rings is 1. The van der Waals surface area contributed by atoms with Gasteiger partial charge in [0.2, 0.25) is 5.91 Å². The average Bonchev–Trinajstić information content (AvgIpc) is 2.83. The maximum Gasteiger partial charge on any atom is 0.223 e. The van der Waals surface area contributed by atoms with E-state index in [1.54, 1.807) is 6.07 Å². The quantitative estimate of drug-likeness (QED) is 0.870. The lowest BCUT2D eigenvalue weighted by atomic mass is 10.3.